The number of urea groups is 1. The number of rotatable bonds is 9. The van der Waals surface area contributed by atoms with E-state index in [1.54, 1.807) is 30.3 Å². The van der Waals surface area contributed by atoms with E-state index in [1.165, 1.54) is 12.1 Å². The summed E-state index contributed by atoms with van der Waals surface area (Å²) in [6.07, 6.45) is 1.98. The van der Waals surface area contributed by atoms with Crippen LogP contribution in [-0.2, 0) is 19.3 Å². The van der Waals surface area contributed by atoms with Crippen LogP contribution in [0.15, 0.2) is 59.5 Å². The molecule has 1 aliphatic heterocycles. The highest BCUT2D eigenvalue weighted by Gasteiger charge is 2.52. The molecule has 218 valence electrons. The van der Waals surface area contributed by atoms with Gasteiger partial charge in [0, 0.05) is 37.0 Å². The van der Waals surface area contributed by atoms with Crippen LogP contribution in [-0.4, -0.2) is 68.5 Å². The van der Waals surface area contributed by atoms with Crippen LogP contribution in [0.2, 0.25) is 0 Å². The lowest BCUT2D eigenvalue weighted by molar-refractivity contribution is 0.0985. The fourth-order valence-corrected chi connectivity index (χ4v) is 7.32. The largest absolute Gasteiger partial charge is 0.396 e. The minimum atomic E-state index is -3.89. The molecule has 1 saturated carbocycles. The molecule has 2 amide bonds. The summed E-state index contributed by atoms with van der Waals surface area (Å²) in [5.74, 6) is 0.489. The Bertz CT molecular complexity index is 1480. The van der Waals surface area contributed by atoms with Crippen LogP contribution < -0.4 is 15.5 Å². The zero-order chi connectivity index (χ0) is 29.0. The Morgan fingerprint density at radius 2 is 1.88 bits per heavy atom. The first-order valence-electron chi connectivity index (χ1n) is 13.7. The van der Waals surface area contributed by atoms with Crippen molar-refractivity contribution < 1.29 is 27.4 Å². The Balaban J connectivity index is 1.53. The topological polar surface area (TPSA) is 134 Å². The van der Waals surface area contributed by atoms with Crippen molar-refractivity contribution in [2.75, 3.05) is 43.1 Å². The number of morpholine rings is 1. The molecule has 3 N–H and O–H groups in total. The number of benzene rings is 2. The van der Waals surface area contributed by atoms with Crippen LogP contribution in [0.25, 0.3) is 11.4 Å². The Morgan fingerprint density at radius 3 is 2.51 bits per heavy atom. The summed E-state index contributed by atoms with van der Waals surface area (Å²) in [5.41, 5.74) is 1.63. The number of aliphatic hydroxyl groups excluding tert-OH is 1. The van der Waals surface area contributed by atoms with E-state index in [0.717, 1.165) is 18.6 Å². The number of nitrogens with one attached hydrogen (secondary N) is 2. The van der Waals surface area contributed by atoms with E-state index in [9.17, 15) is 17.6 Å². The number of carbonyl (C=O) groups is 1. The summed E-state index contributed by atoms with van der Waals surface area (Å²) in [4.78, 5) is 23.9. The number of aromatic nitrogens is 2. The number of aliphatic hydroxyl groups is 1. The third-order valence-corrected chi connectivity index (χ3v) is 10.2. The van der Waals surface area contributed by atoms with Crippen LogP contribution in [0, 0.1) is 5.82 Å². The van der Waals surface area contributed by atoms with E-state index >= 15 is 0 Å². The molecule has 0 bridgehead atoms. The van der Waals surface area contributed by atoms with Gasteiger partial charge in [-0.3, -0.25) is 0 Å². The number of halogens is 1. The second-order valence-corrected chi connectivity index (χ2v) is 12.7. The summed E-state index contributed by atoms with van der Waals surface area (Å²) in [5, 5.41) is 14.3. The molecule has 0 radical (unpaired) electrons. The quantitative estimate of drug-likeness (QED) is 0.255. The lowest BCUT2D eigenvalue weighted by Gasteiger charge is -2.41. The van der Waals surface area contributed by atoms with Gasteiger partial charge in [0.1, 0.15) is 16.4 Å². The van der Waals surface area contributed by atoms with E-state index in [4.69, 9.17) is 19.8 Å². The van der Waals surface area contributed by atoms with Gasteiger partial charge in [0.05, 0.1) is 29.8 Å². The van der Waals surface area contributed by atoms with Gasteiger partial charge >= 0.3 is 6.03 Å². The van der Waals surface area contributed by atoms with Crippen molar-refractivity contribution in [3.05, 3.63) is 66.1 Å². The van der Waals surface area contributed by atoms with Crippen LogP contribution in [0.1, 0.15) is 38.3 Å². The highest BCUT2D eigenvalue weighted by molar-refractivity contribution is 7.92. The van der Waals surface area contributed by atoms with Crippen molar-refractivity contribution in [3.63, 3.8) is 0 Å². The maximum Gasteiger partial charge on any atom is 0.319 e. The van der Waals surface area contributed by atoms with Crippen LogP contribution in [0.4, 0.5) is 20.7 Å². The predicted octanol–water partition coefficient (Wildman–Crippen LogP) is 3.86. The van der Waals surface area contributed by atoms with Crippen LogP contribution in [0.3, 0.4) is 0 Å². The van der Waals surface area contributed by atoms with Gasteiger partial charge in [-0.1, -0.05) is 0 Å². The fraction of sp³-hybridized carbons (Fsp3) is 0.414. The van der Waals surface area contributed by atoms with E-state index in [-0.39, 0.29) is 23.6 Å². The van der Waals surface area contributed by atoms with E-state index < -0.39 is 20.4 Å². The van der Waals surface area contributed by atoms with Crippen LogP contribution in [0.5, 0.6) is 0 Å². The van der Waals surface area contributed by atoms with Crippen molar-refractivity contribution in [1.82, 2.24) is 15.3 Å². The highest BCUT2D eigenvalue weighted by Crippen LogP contribution is 2.51. The molecule has 12 heteroatoms. The second kappa shape index (κ2) is 12.1. The molecule has 1 aromatic heterocycles. The summed E-state index contributed by atoms with van der Waals surface area (Å²) in [6.45, 7) is 4.02. The zero-order valence-corrected chi connectivity index (χ0v) is 23.7. The molecule has 3 aromatic rings. The van der Waals surface area contributed by atoms with Crippen molar-refractivity contribution in [2.45, 2.75) is 48.3 Å². The van der Waals surface area contributed by atoms with Crippen molar-refractivity contribution in [3.8, 4) is 11.4 Å². The molecular formula is C29H34FN5O5S. The van der Waals surface area contributed by atoms with E-state index in [0.29, 0.717) is 74.2 Å². The van der Waals surface area contributed by atoms with Gasteiger partial charge in [0.25, 0.3) is 0 Å². The number of ether oxygens (including phenoxy) is 1. The maximum absolute atomic E-state index is 14.0. The molecule has 0 spiro atoms. The normalized spacial score (nSPS) is 18.4. The Kier molecular flexibility index (Phi) is 8.52. The monoisotopic (exact) mass is 583 g/mol. The van der Waals surface area contributed by atoms with Gasteiger partial charge in [0.15, 0.2) is 15.7 Å². The minimum Gasteiger partial charge on any atom is -0.396 e. The number of anilines is 2. The van der Waals surface area contributed by atoms with Crippen LogP contribution >= 0.6 is 0 Å². The maximum atomic E-state index is 14.0. The average molecular weight is 584 g/mol. The average Bonchev–Trinajstić information content (AvgIpc) is 2.93. The number of hydrogen-bond donors (Lipinski definition) is 3. The standard InChI is InChI=1S/C29H34FN5O5S/c1-20-19-40-17-15-35(20)26-18-25(29(12-2-13-29)41(38,39)24-10-6-22(30)7-11-24)33-27(34-26)21-4-8-23(9-5-21)32-28(37)31-14-3-16-36/h4-11,18,20,36H,2-3,12-17,19H2,1H3,(H2,31,32,37)/t20-/m0/s1. The summed E-state index contributed by atoms with van der Waals surface area (Å²) in [6, 6.07) is 13.4. The molecule has 5 rings (SSSR count). The van der Waals surface area contributed by atoms with Gasteiger partial charge in [-0.15, -0.1) is 0 Å². The third-order valence-electron chi connectivity index (χ3n) is 7.66. The smallest absolute Gasteiger partial charge is 0.319 e. The number of carbonyl (C=O) groups excluding carboxylic acids is 1. The van der Waals surface area contributed by atoms with E-state index in [2.05, 4.69) is 15.5 Å². The summed E-state index contributed by atoms with van der Waals surface area (Å²) in [7, 11) is -3.89. The molecule has 2 aliphatic rings. The highest BCUT2D eigenvalue weighted by atomic mass is 32.2. The van der Waals surface area contributed by atoms with Gasteiger partial charge in [-0.2, -0.15) is 0 Å². The Hall–Kier alpha value is -3.61. The van der Waals surface area contributed by atoms with Gasteiger partial charge in [-0.25, -0.2) is 27.6 Å². The minimum absolute atomic E-state index is 0.00819. The first-order valence-corrected chi connectivity index (χ1v) is 15.2. The molecular weight excluding hydrogens is 549 g/mol. The number of amides is 2. The molecule has 1 aliphatic carbocycles. The van der Waals surface area contributed by atoms with Gasteiger partial charge in [0.2, 0.25) is 0 Å². The second-order valence-electron chi connectivity index (χ2n) is 10.4. The molecule has 2 aromatic carbocycles. The molecule has 1 saturated heterocycles. The van der Waals surface area contributed by atoms with Crippen molar-refractivity contribution in [1.29, 1.82) is 0 Å². The first kappa shape index (κ1) is 28.9. The van der Waals surface area contributed by atoms with Gasteiger partial charge in [-0.05, 0) is 81.1 Å². The molecule has 2 fully saturated rings. The lowest BCUT2D eigenvalue weighted by atomic mass is 9.81. The number of sulfone groups is 1. The van der Waals surface area contributed by atoms with Crippen molar-refractivity contribution in [2.24, 2.45) is 0 Å². The first-order chi connectivity index (χ1) is 19.7. The summed E-state index contributed by atoms with van der Waals surface area (Å²) >= 11 is 0. The lowest BCUT2D eigenvalue weighted by Crippen LogP contribution is -2.46. The molecule has 41 heavy (non-hydrogen) atoms. The Morgan fingerprint density at radius 1 is 1.15 bits per heavy atom. The molecule has 0 unspecified atom stereocenters. The third kappa shape index (κ3) is 5.90. The fourth-order valence-electron chi connectivity index (χ4n) is 5.17. The zero-order valence-electron chi connectivity index (χ0n) is 22.8. The Labute approximate surface area is 238 Å². The number of nitrogens with zero attached hydrogens (tertiary/aromatic N) is 3. The van der Waals surface area contributed by atoms with Crippen molar-refractivity contribution >= 4 is 27.4 Å². The molecule has 2 heterocycles. The van der Waals surface area contributed by atoms with Gasteiger partial charge < -0.3 is 25.4 Å². The van der Waals surface area contributed by atoms with E-state index in [1.807, 2.05) is 6.92 Å². The molecule has 1 atom stereocenters. The predicted molar refractivity (Wildman–Crippen MR) is 153 cm³/mol. The SMILES string of the molecule is C[C@H]1COCCN1c1cc(C2(S(=O)(=O)c3ccc(F)cc3)CCC2)nc(-c2ccc(NC(=O)NCCCO)cc2)n1. The summed E-state index contributed by atoms with van der Waals surface area (Å²) < 4.78 is 46.0. The number of hydrogen-bond acceptors (Lipinski definition) is 8. The molecule has 10 nitrogen and oxygen atoms in total.